The molecule has 7 heteroatoms. The maximum absolute atomic E-state index is 13.9. The molecule has 6 nitrogen and oxygen atoms in total. The largest absolute Gasteiger partial charge is 0.473 e. The molecule has 3 fully saturated rings. The van der Waals surface area contributed by atoms with E-state index in [2.05, 4.69) is 9.97 Å². The SMILES string of the molecule is Cc1cncc(O[C@@H]2CCOC3(C2)CN(C(=O)C2(F)CC2)C3)n1. The van der Waals surface area contributed by atoms with Crippen LogP contribution in [0.2, 0.25) is 0 Å². The molecule has 0 aromatic carbocycles. The van der Waals surface area contributed by atoms with Crippen molar-refractivity contribution in [2.45, 2.75) is 50.0 Å². The van der Waals surface area contributed by atoms with E-state index in [4.69, 9.17) is 9.47 Å². The van der Waals surface area contributed by atoms with E-state index >= 15 is 0 Å². The first kappa shape index (κ1) is 14.8. The van der Waals surface area contributed by atoms with E-state index in [-0.39, 0.29) is 17.6 Å². The Morgan fingerprint density at radius 3 is 2.91 bits per heavy atom. The molecule has 1 spiro atoms. The fraction of sp³-hybridized carbons (Fsp3) is 0.688. The summed E-state index contributed by atoms with van der Waals surface area (Å²) in [7, 11) is 0. The number of aryl methyl sites for hydroxylation is 1. The lowest BCUT2D eigenvalue weighted by Gasteiger charge is -2.53. The van der Waals surface area contributed by atoms with E-state index in [0.717, 1.165) is 12.1 Å². The summed E-state index contributed by atoms with van der Waals surface area (Å²) in [5.41, 5.74) is -1.17. The zero-order valence-electron chi connectivity index (χ0n) is 13.1. The summed E-state index contributed by atoms with van der Waals surface area (Å²) in [5.74, 6) is 0.138. The van der Waals surface area contributed by atoms with Crippen molar-refractivity contribution in [3.63, 3.8) is 0 Å². The lowest BCUT2D eigenvalue weighted by atomic mass is 9.84. The molecule has 3 heterocycles. The van der Waals surface area contributed by atoms with Crippen LogP contribution in [0.3, 0.4) is 0 Å². The van der Waals surface area contributed by atoms with Gasteiger partial charge in [0, 0.05) is 19.0 Å². The maximum Gasteiger partial charge on any atom is 0.260 e. The summed E-state index contributed by atoms with van der Waals surface area (Å²) >= 11 is 0. The van der Waals surface area contributed by atoms with E-state index in [1.165, 1.54) is 0 Å². The summed E-state index contributed by atoms with van der Waals surface area (Å²) in [5, 5.41) is 0. The smallest absolute Gasteiger partial charge is 0.260 e. The third-order valence-electron chi connectivity index (χ3n) is 4.79. The number of aromatic nitrogens is 2. The molecule has 3 aliphatic rings. The number of rotatable bonds is 3. The van der Waals surface area contributed by atoms with Crippen molar-refractivity contribution in [3.8, 4) is 5.88 Å². The summed E-state index contributed by atoms with van der Waals surface area (Å²) < 4.78 is 25.6. The number of amides is 1. The molecule has 1 amide bonds. The first-order valence-corrected chi connectivity index (χ1v) is 8.06. The van der Waals surface area contributed by atoms with E-state index in [1.807, 2.05) is 6.92 Å². The minimum atomic E-state index is -1.59. The third kappa shape index (κ3) is 2.78. The molecule has 1 aromatic heterocycles. The van der Waals surface area contributed by atoms with Crippen LogP contribution in [0.1, 0.15) is 31.4 Å². The van der Waals surface area contributed by atoms with Crippen LogP contribution >= 0.6 is 0 Å². The molecule has 1 atom stereocenters. The van der Waals surface area contributed by atoms with E-state index in [1.54, 1.807) is 17.3 Å². The first-order valence-electron chi connectivity index (χ1n) is 8.06. The van der Waals surface area contributed by atoms with Crippen LogP contribution in [-0.2, 0) is 9.53 Å². The number of carbonyl (C=O) groups excluding carboxylic acids is 1. The fourth-order valence-corrected chi connectivity index (χ4v) is 3.37. The number of carbonyl (C=O) groups is 1. The van der Waals surface area contributed by atoms with Crippen molar-refractivity contribution in [1.29, 1.82) is 0 Å². The second kappa shape index (κ2) is 5.12. The number of hydrogen-bond donors (Lipinski definition) is 0. The molecule has 0 radical (unpaired) electrons. The van der Waals surface area contributed by atoms with Gasteiger partial charge in [0.25, 0.3) is 5.91 Å². The van der Waals surface area contributed by atoms with Gasteiger partial charge in [-0.1, -0.05) is 0 Å². The Bertz CT molecular complexity index is 629. The topological polar surface area (TPSA) is 64.6 Å². The highest BCUT2D eigenvalue weighted by molar-refractivity contribution is 5.88. The molecule has 0 unspecified atom stereocenters. The highest BCUT2D eigenvalue weighted by atomic mass is 19.1. The molecule has 124 valence electrons. The summed E-state index contributed by atoms with van der Waals surface area (Å²) in [4.78, 5) is 21.9. The number of alkyl halides is 1. The van der Waals surface area contributed by atoms with Crippen molar-refractivity contribution in [2.75, 3.05) is 19.7 Å². The van der Waals surface area contributed by atoms with Crippen molar-refractivity contribution >= 4 is 5.91 Å². The van der Waals surface area contributed by atoms with Crippen LogP contribution < -0.4 is 4.74 Å². The van der Waals surface area contributed by atoms with Crippen molar-refractivity contribution in [3.05, 3.63) is 18.1 Å². The minimum absolute atomic E-state index is 0.0163. The highest BCUT2D eigenvalue weighted by Gasteiger charge is 2.58. The molecular weight excluding hydrogens is 301 g/mol. The van der Waals surface area contributed by atoms with Gasteiger partial charge < -0.3 is 14.4 Å². The van der Waals surface area contributed by atoms with Gasteiger partial charge in [0.1, 0.15) is 11.7 Å². The summed E-state index contributed by atoms with van der Waals surface area (Å²) in [6, 6.07) is 0. The van der Waals surface area contributed by atoms with Crippen LogP contribution in [0.5, 0.6) is 5.88 Å². The third-order valence-corrected chi connectivity index (χ3v) is 4.79. The van der Waals surface area contributed by atoms with Crippen LogP contribution in [-0.4, -0.2) is 57.8 Å². The first-order chi connectivity index (χ1) is 11.0. The monoisotopic (exact) mass is 321 g/mol. The molecule has 2 saturated heterocycles. The van der Waals surface area contributed by atoms with E-state index in [0.29, 0.717) is 44.8 Å². The Kier molecular flexibility index (Phi) is 3.30. The highest BCUT2D eigenvalue weighted by Crippen LogP contribution is 2.44. The van der Waals surface area contributed by atoms with Gasteiger partial charge in [0.2, 0.25) is 5.88 Å². The molecule has 1 aromatic rings. The van der Waals surface area contributed by atoms with Crippen molar-refractivity contribution < 1.29 is 18.7 Å². The molecule has 0 N–H and O–H groups in total. The summed E-state index contributed by atoms with van der Waals surface area (Å²) in [6.07, 6.45) is 5.44. The van der Waals surface area contributed by atoms with Crippen LogP contribution in [0, 0.1) is 6.92 Å². The second-order valence-electron chi connectivity index (χ2n) is 6.89. The Hall–Kier alpha value is -1.76. The van der Waals surface area contributed by atoms with Crippen molar-refractivity contribution in [1.82, 2.24) is 14.9 Å². The van der Waals surface area contributed by atoms with Gasteiger partial charge in [-0.3, -0.25) is 9.78 Å². The van der Waals surface area contributed by atoms with E-state index in [9.17, 15) is 9.18 Å². The van der Waals surface area contributed by atoms with Crippen molar-refractivity contribution in [2.24, 2.45) is 0 Å². The van der Waals surface area contributed by atoms with Gasteiger partial charge in [-0.05, 0) is 19.8 Å². The predicted octanol–water partition coefficient (Wildman–Crippen LogP) is 1.43. The van der Waals surface area contributed by atoms with Gasteiger partial charge in [-0.15, -0.1) is 0 Å². The molecule has 0 bridgehead atoms. The zero-order chi connectivity index (χ0) is 16.1. The number of hydrogen-bond acceptors (Lipinski definition) is 5. The standard InChI is InChI=1S/C16H20FN3O3/c1-11-7-18-8-13(19-11)23-12-2-5-22-15(6-12)9-20(10-15)14(21)16(17)3-4-16/h7-8,12H,2-6,9-10H2,1H3/t12-/m1/s1. The molecular formula is C16H20FN3O3. The summed E-state index contributed by atoms with van der Waals surface area (Å²) in [6.45, 7) is 3.35. The quantitative estimate of drug-likeness (QED) is 0.842. The van der Waals surface area contributed by atoms with Crippen LogP contribution in [0.15, 0.2) is 12.4 Å². The van der Waals surface area contributed by atoms with Gasteiger partial charge in [-0.25, -0.2) is 9.37 Å². The second-order valence-corrected chi connectivity index (χ2v) is 6.89. The Labute approximate surface area is 134 Å². The molecule has 1 saturated carbocycles. The Morgan fingerprint density at radius 1 is 1.43 bits per heavy atom. The fourth-order valence-electron chi connectivity index (χ4n) is 3.37. The lowest BCUT2D eigenvalue weighted by Crippen LogP contribution is -2.68. The van der Waals surface area contributed by atoms with Gasteiger partial charge in [0.05, 0.1) is 31.6 Å². The molecule has 23 heavy (non-hydrogen) atoms. The normalized spacial score (nSPS) is 27.4. The van der Waals surface area contributed by atoms with Gasteiger partial charge >= 0.3 is 0 Å². The van der Waals surface area contributed by atoms with Gasteiger partial charge in [0.15, 0.2) is 5.67 Å². The molecule has 2 aliphatic heterocycles. The Balaban J connectivity index is 1.36. The number of likely N-dealkylation sites (tertiary alicyclic amines) is 1. The Morgan fingerprint density at radius 2 is 2.22 bits per heavy atom. The molecule has 1 aliphatic carbocycles. The number of halogens is 1. The average molecular weight is 321 g/mol. The van der Waals surface area contributed by atoms with Crippen LogP contribution in [0.4, 0.5) is 4.39 Å². The maximum atomic E-state index is 13.9. The van der Waals surface area contributed by atoms with Crippen LogP contribution in [0.25, 0.3) is 0 Å². The number of nitrogens with zero attached hydrogens (tertiary/aromatic N) is 3. The van der Waals surface area contributed by atoms with Gasteiger partial charge in [-0.2, -0.15) is 0 Å². The average Bonchev–Trinajstić information content (AvgIpc) is 3.23. The minimum Gasteiger partial charge on any atom is -0.473 e. The van der Waals surface area contributed by atoms with E-state index < -0.39 is 5.67 Å². The number of ether oxygens (including phenoxy) is 2. The lowest BCUT2D eigenvalue weighted by molar-refractivity contribution is -0.196. The zero-order valence-corrected chi connectivity index (χ0v) is 13.1. The molecule has 4 rings (SSSR count). The predicted molar refractivity (Wildman–Crippen MR) is 78.8 cm³/mol.